The molecule has 0 atom stereocenters. The highest BCUT2D eigenvalue weighted by molar-refractivity contribution is 7.89. The predicted octanol–water partition coefficient (Wildman–Crippen LogP) is 0.799. The second kappa shape index (κ2) is 9.33. The van der Waals surface area contributed by atoms with Crippen LogP contribution in [0.5, 0.6) is 0 Å². The van der Waals surface area contributed by atoms with Gasteiger partial charge in [0.15, 0.2) is 0 Å². The minimum absolute atomic E-state index is 0.00577. The molecule has 3 N–H and O–H groups in total. The van der Waals surface area contributed by atoms with Gasteiger partial charge in [0.1, 0.15) is 5.82 Å². The topological polar surface area (TPSA) is 113 Å². The van der Waals surface area contributed by atoms with E-state index >= 15 is 0 Å². The lowest BCUT2D eigenvalue weighted by atomic mass is 10.1. The molecule has 0 spiro atoms. The average Bonchev–Trinajstić information content (AvgIpc) is 2.70. The summed E-state index contributed by atoms with van der Waals surface area (Å²) in [6.07, 6.45) is 0.163. The number of carbonyl (C=O) groups excluding carboxylic acids is 2. The number of halogens is 1. The molecule has 3 rings (SSSR count). The number of nitrogens with zero attached hydrogens (tertiary/aromatic N) is 2. The van der Waals surface area contributed by atoms with Crippen molar-refractivity contribution < 1.29 is 22.4 Å². The molecule has 1 aliphatic heterocycles. The van der Waals surface area contributed by atoms with Gasteiger partial charge in [0.25, 0.3) is 0 Å². The predicted molar refractivity (Wildman–Crippen MR) is 110 cm³/mol. The lowest BCUT2D eigenvalue weighted by molar-refractivity contribution is -0.132. The number of amides is 2. The van der Waals surface area contributed by atoms with Crippen LogP contribution in [0.3, 0.4) is 0 Å². The van der Waals surface area contributed by atoms with Crippen molar-refractivity contribution >= 4 is 27.5 Å². The summed E-state index contributed by atoms with van der Waals surface area (Å²) in [5.74, 6) is -0.626. The van der Waals surface area contributed by atoms with Gasteiger partial charge in [0.2, 0.25) is 21.8 Å². The summed E-state index contributed by atoms with van der Waals surface area (Å²) >= 11 is 0. The zero-order valence-corrected chi connectivity index (χ0v) is 17.1. The fourth-order valence-electron chi connectivity index (χ4n) is 3.18. The van der Waals surface area contributed by atoms with Gasteiger partial charge < -0.3 is 10.2 Å². The molecule has 30 heavy (non-hydrogen) atoms. The van der Waals surface area contributed by atoms with Crippen molar-refractivity contribution in [1.82, 2.24) is 9.80 Å². The number of primary sulfonamides is 1. The van der Waals surface area contributed by atoms with Crippen molar-refractivity contribution in [1.29, 1.82) is 0 Å². The Morgan fingerprint density at radius 1 is 0.967 bits per heavy atom. The largest absolute Gasteiger partial charge is 0.340 e. The Hall–Kier alpha value is -2.82. The van der Waals surface area contributed by atoms with E-state index in [0.29, 0.717) is 37.4 Å². The van der Waals surface area contributed by atoms with E-state index in [1.54, 1.807) is 17.0 Å². The molecule has 0 aromatic heterocycles. The fraction of sp³-hybridized carbons (Fsp3) is 0.300. The maximum atomic E-state index is 12.9. The monoisotopic (exact) mass is 434 g/mol. The zero-order valence-electron chi connectivity index (χ0n) is 16.3. The first kappa shape index (κ1) is 21.9. The number of carbonyl (C=O) groups is 2. The lowest BCUT2D eigenvalue weighted by Gasteiger charge is -2.34. The molecular weight excluding hydrogens is 411 g/mol. The molecule has 160 valence electrons. The molecule has 10 heteroatoms. The molecule has 8 nitrogen and oxygen atoms in total. The third kappa shape index (κ3) is 6.09. The van der Waals surface area contributed by atoms with E-state index in [-0.39, 0.29) is 35.5 Å². The summed E-state index contributed by atoms with van der Waals surface area (Å²) in [5, 5.41) is 7.79. The van der Waals surface area contributed by atoms with E-state index < -0.39 is 10.0 Å². The van der Waals surface area contributed by atoms with Gasteiger partial charge in [-0.1, -0.05) is 12.1 Å². The van der Waals surface area contributed by atoms with Crippen molar-refractivity contribution in [3.8, 4) is 0 Å². The molecule has 2 amide bonds. The summed E-state index contributed by atoms with van der Waals surface area (Å²) in [6.45, 7) is 2.31. The van der Waals surface area contributed by atoms with E-state index in [1.807, 2.05) is 4.90 Å². The van der Waals surface area contributed by atoms with Crippen LogP contribution in [0.25, 0.3) is 0 Å². The van der Waals surface area contributed by atoms with Crippen LogP contribution in [-0.4, -0.2) is 62.8 Å². The van der Waals surface area contributed by atoms with Crippen molar-refractivity contribution in [2.24, 2.45) is 5.14 Å². The van der Waals surface area contributed by atoms with Gasteiger partial charge in [0, 0.05) is 31.9 Å². The Morgan fingerprint density at radius 2 is 1.57 bits per heavy atom. The minimum Gasteiger partial charge on any atom is -0.340 e. The molecular formula is C20H23FN4O4S. The van der Waals surface area contributed by atoms with Gasteiger partial charge in [-0.2, -0.15) is 0 Å². The quantitative estimate of drug-likeness (QED) is 0.698. The van der Waals surface area contributed by atoms with Crippen LogP contribution in [0.1, 0.15) is 5.56 Å². The molecule has 2 aromatic rings. The summed E-state index contributed by atoms with van der Waals surface area (Å²) < 4.78 is 35.5. The smallest absolute Gasteiger partial charge is 0.238 e. The maximum absolute atomic E-state index is 12.9. The SMILES string of the molecule is NS(=O)(=O)c1ccc(CC(=O)N2CCN(CC(=O)Nc3ccc(F)cc3)CC2)cc1. The third-order valence-electron chi connectivity index (χ3n) is 4.83. The molecule has 1 saturated heterocycles. The first-order chi connectivity index (χ1) is 14.2. The maximum Gasteiger partial charge on any atom is 0.238 e. The average molecular weight is 434 g/mol. The number of anilines is 1. The Labute approximate surface area is 174 Å². The Kier molecular flexibility index (Phi) is 6.80. The lowest BCUT2D eigenvalue weighted by Crippen LogP contribution is -2.50. The van der Waals surface area contributed by atoms with E-state index in [4.69, 9.17) is 5.14 Å². The highest BCUT2D eigenvalue weighted by Gasteiger charge is 2.22. The summed E-state index contributed by atoms with van der Waals surface area (Å²) in [4.78, 5) is 28.3. The van der Waals surface area contributed by atoms with E-state index in [0.717, 1.165) is 0 Å². The fourth-order valence-corrected chi connectivity index (χ4v) is 3.69. The Balaban J connectivity index is 1.44. The van der Waals surface area contributed by atoms with Crippen LogP contribution in [0.4, 0.5) is 10.1 Å². The number of hydrogen-bond acceptors (Lipinski definition) is 5. The van der Waals surface area contributed by atoms with Crippen LogP contribution < -0.4 is 10.5 Å². The highest BCUT2D eigenvalue weighted by Crippen LogP contribution is 2.12. The van der Waals surface area contributed by atoms with Crippen molar-refractivity contribution in [2.75, 3.05) is 38.0 Å². The van der Waals surface area contributed by atoms with Crippen LogP contribution in [0.2, 0.25) is 0 Å². The van der Waals surface area contributed by atoms with Crippen molar-refractivity contribution in [3.63, 3.8) is 0 Å². The van der Waals surface area contributed by atoms with Crippen LogP contribution >= 0.6 is 0 Å². The van der Waals surface area contributed by atoms with E-state index in [2.05, 4.69) is 5.32 Å². The van der Waals surface area contributed by atoms with Gasteiger partial charge >= 0.3 is 0 Å². The number of hydrogen-bond donors (Lipinski definition) is 2. The molecule has 1 fully saturated rings. The van der Waals surface area contributed by atoms with Crippen LogP contribution in [0.15, 0.2) is 53.4 Å². The summed E-state index contributed by atoms with van der Waals surface area (Å²) in [6, 6.07) is 11.5. The van der Waals surface area contributed by atoms with E-state index in [9.17, 15) is 22.4 Å². The van der Waals surface area contributed by atoms with Gasteiger partial charge in [0.05, 0.1) is 17.9 Å². The molecule has 0 radical (unpaired) electrons. The van der Waals surface area contributed by atoms with Crippen LogP contribution in [-0.2, 0) is 26.0 Å². The van der Waals surface area contributed by atoms with Crippen molar-refractivity contribution in [2.45, 2.75) is 11.3 Å². The van der Waals surface area contributed by atoms with E-state index in [1.165, 1.54) is 36.4 Å². The second-order valence-corrected chi connectivity index (χ2v) is 8.64. The van der Waals surface area contributed by atoms with Crippen LogP contribution in [0, 0.1) is 5.82 Å². The molecule has 2 aromatic carbocycles. The molecule has 0 bridgehead atoms. The second-order valence-electron chi connectivity index (χ2n) is 7.08. The van der Waals surface area contributed by atoms with Gasteiger partial charge in [-0.05, 0) is 42.0 Å². The Bertz CT molecular complexity index is 1000. The molecule has 0 saturated carbocycles. The number of nitrogens with one attached hydrogen (secondary N) is 1. The molecule has 0 aliphatic carbocycles. The normalized spacial score (nSPS) is 15.1. The number of piperazine rings is 1. The first-order valence-electron chi connectivity index (χ1n) is 9.38. The third-order valence-corrected chi connectivity index (χ3v) is 5.76. The highest BCUT2D eigenvalue weighted by atomic mass is 32.2. The molecule has 1 heterocycles. The number of sulfonamides is 1. The van der Waals surface area contributed by atoms with Gasteiger partial charge in [-0.15, -0.1) is 0 Å². The minimum atomic E-state index is -3.76. The number of benzene rings is 2. The standard InChI is InChI=1S/C20H23FN4O4S/c21-16-3-5-17(6-4-16)23-19(26)14-24-9-11-25(12-10-24)20(27)13-15-1-7-18(8-2-15)30(22,28)29/h1-8H,9-14H2,(H,23,26)(H2,22,28,29). The Morgan fingerprint density at radius 3 is 2.13 bits per heavy atom. The number of rotatable bonds is 6. The summed E-state index contributed by atoms with van der Waals surface area (Å²) in [5.41, 5.74) is 1.23. The van der Waals surface area contributed by atoms with Gasteiger partial charge in [-0.3, -0.25) is 14.5 Å². The molecule has 0 unspecified atom stereocenters. The first-order valence-corrected chi connectivity index (χ1v) is 10.9. The van der Waals surface area contributed by atoms with Gasteiger partial charge in [-0.25, -0.2) is 17.9 Å². The number of nitrogens with two attached hydrogens (primary N) is 1. The van der Waals surface area contributed by atoms with Crippen molar-refractivity contribution in [3.05, 3.63) is 59.9 Å². The zero-order chi connectivity index (χ0) is 21.7. The summed E-state index contributed by atoms with van der Waals surface area (Å²) in [7, 11) is -3.76. The molecule has 1 aliphatic rings.